The fourth-order valence-electron chi connectivity index (χ4n) is 9.90. The molecule has 0 saturated heterocycles. The van der Waals surface area contributed by atoms with Gasteiger partial charge in [-0.1, -0.05) is 137 Å². The van der Waals surface area contributed by atoms with Crippen molar-refractivity contribution in [1.29, 1.82) is 0 Å². The molecular formula is C48H36N2. The first-order chi connectivity index (χ1) is 24.4. The minimum Gasteiger partial charge on any atom is -0.309 e. The fourth-order valence-corrected chi connectivity index (χ4v) is 9.90. The number of para-hydroxylation sites is 3. The van der Waals surface area contributed by atoms with E-state index in [-0.39, 0.29) is 10.8 Å². The molecule has 11 rings (SSSR count). The molecule has 50 heavy (non-hydrogen) atoms. The predicted octanol–water partition coefficient (Wildman–Crippen LogP) is 12.5. The van der Waals surface area contributed by atoms with Crippen LogP contribution >= 0.6 is 0 Å². The second-order valence-electron chi connectivity index (χ2n) is 15.3. The third kappa shape index (κ3) is 3.29. The van der Waals surface area contributed by atoms with Gasteiger partial charge in [-0.15, -0.1) is 0 Å². The van der Waals surface area contributed by atoms with Gasteiger partial charge in [0.1, 0.15) is 0 Å². The molecule has 0 amide bonds. The molecule has 0 fully saturated rings. The van der Waals surface area contributed by atoms with E-state index in [1.54, 1.807) is 0 Å². The van der Waals surface area contributed by atoms with Crippen molar-refractivity contribution in [3.63, 3.8) is 0 Å². The molecule has 0 unspecified atom stereocenters. The second kappa shape index (κ2) is 9.43. The van der Waals surface area contributed by atoms with Crippen molar-refractivity contribution in [2.24, 2.45) is 0 Å². The van der Waals surface area contributed by atoms with E-state index >= 15 is 0 Å². The maximum absolute atomic E-state index is 2.59. The van der Waals surface area contributed by atoms with E-state index in [1.165, 1.54) is 99.5 Å². The fraction of sp³-hybridized carbons (Fsp3) is 0.125. The monoisotopic (exact) mass is 640 g/mol. The van der Waals surface area contributed by atoms with Gasteiger partial charge in [0, 0.05) is 49.3 Å². The summed E-state index contributed by atoms with van der Waals surface area (Å²) in [6.45, 7) is 9.62. The molecular weight excluding hydrogens is 605 g/mol. The molecule has 0 radical (unpaired) electrons. The summed E-state index contributed by atoms with van der Waals surface area (Å²) < 4.78 is 5.12. The van der Waals surface area contributed by atoms with E-state index in [0.717, 1.165) is 0 Å². The lowest BCUT2D eigenvalue weighted by atomic mass is 9.80. The van der Waals surface area contributed by atoms with Crippen LogP contribution in [0.1, 0.15) is 49.9 Å². The second-order valence-corrected chi connectivity index (χ2v) is 15.3. The maximum atomic E-state index is 2.59. The highest BCUT2D eigenvalue weighted by Crippen LogP contribution is 2.58. The van der Waals surface area contributed by atoms with Crippen LogP contribution in [0.3, 0.4) is 0 Å². The summed E-state index contributed by atoms with van der Waals surface area (Å²) in [5.74, 6) is 0. The van der Waals surface area contributed by atoms with Gasteiger partial charge >= 0.3 is 0 Å². The summed E-state index contributed by atoms with van der Waals surface area (Å²) in [5, 5.41) is 5.26. The van der Waals surface area contributed by atoms with E-state index in [1.807, 2.05) is 0 Å². The minimum absolute atomic E-state index is 0.0930. The standard InChI is InChI=1S/C48H36N2/c1-47(2)36-22-12-8-18-31(36)32-27-26-30(28-38(32)47)50-39-24-14-10-20-34(39)42-44-41(33-19-9-13-23-37(33)48(44,3)4)45-43(46(42)50)35-21-11-15-25-40(35)49(45)29-16-6-5-7-17-29/h5-28H,1-4H3. The highest BCUT2D eigenvalue weighted by atomic mass is 15.0. The van der Waals surface area contributed by atoms with Crippen molar-refractivity contribution >= 4 is 43.6 Å². The number of hydrogen-bond donors (Lipinski definition) is 0. The topological polar surface area (TPSA) is 9.86 Å². The molecule has 2 heteroatoms. The molecule has 0 N–H and O–H groups in total. The van der Waals surface area contributed by atoms with Crippen molar-refractivity contribution in [2.45, 2.75) is 38.5 Å². The molecule has 238 valence electrons. The van der Waals surface area contributed by atoms with Gasteiger partial charge in [0.2, 0.25) is 0 Å². The molecule has 2 aromatic heterocycles. The first kappa shape index (κ1) is 28.0. The highest BCUT2D eigenvalue weighted by molar-refractivity contribution is 6.31. The van der Waals surface area contributed by atoms with Gasteiger partial charge in [-0.25, -0.2) is 0 Å². The van der Waals surface area contributed by atoms with Crippen LogP contribution in [-0.4, -0.2) is 9.13 Å². The van der Waals surface area contributed by atoms with E-state index in [4.69, 9.17) is 0 Å². The van der Waals surface area contributed by atoms with Gasteiger partial charge in [0.05, 0.1) is 22.1 Å². The summed E-state index contributed by atoms with van der Waals surface area (Å²) >= 11 is 0. The molecule has 0 bridgehead atoms. The maximum Gasteiger partial charge on any atom is 0.0644 e. The largest absolute Gasteiger partial charge is 0.309 e. The Kier molecular flexibility index (Phi) is 5.28. The Bertz CT molecular complexity index is 2910. The van der Waals surface area contributed by atoms with Crippen molar-refractivity contribution in [1.82, 2.24) is 9.13 Å². The van der Waals surface area contributed by atoms with Crippen LogP contribution in [0.2, 0.25) is 0 Å². The Morgan fingerprint density at radius 2 is 0.940 bits per heavy atom. The van der Waals surface area contributed by atoms with Crippen LogP contribution in [0.5, 0.6) is 0 Å². The molecule has 2 aliphatic rings. The Balaban J connectivity index is 1.40. The van der Waals surface area contributed by atoms with Gasteiger partial charge in [0.25, 0.3) is 0 Å². The number of hydrogen-bond acceptors (Lipinski definition) is 0. The molecule has 7 aromatic carbocycles. The Labute approximate surface area is 291 Å². The Morgan fingerprint density at radius 1 is 0.400 bits per heavy atom. The van der Waals surface area contributed by atoms with Gasteiger partial charge in [0.15, 0.2) is 0 Å². The summed E-state index contributed by atoms with van der Waals surface area (Å²) in [6, 6.07) is 54.3. The predicted molar refractivity (Wildman–Crippen MR) is 210 cm³/mol. The summed E-state index contributed by atoms with van der Waals surface area (Å²) in [6.07, 6.45) is 0. The number of fused-ring (bicyclic) bond motifs is 15. The van der Waals surface area contributed by atoms with Gasteiger partial charge in [-0.3, -0.25) is 0 Å². The first-order valence-electron chi connectivity index (χ1n) is 17.8. The number of aromatic nitrogens is 2. The molecule has 9 aromatic rings. The highest BCUT2D eigenvalue weighted by Gasteiger charge is 2.42. The zero-order chi connectivity index (χ0) is 33.5. The average Bonchev–Trinajstić information content (AvgIpc) is 3.81. The summed E-state index contributed by atoms with van der Waals surface area (Å²) in [5.41, 5.74) is 18.2. The third-order valence-electron chi connectivity index (χ3n) is 12.1. The lowest BCUT2D eigenvalue weighted by Gasteiger charge is -2.24. The SMILES string of the molecule is CC1(C)c2ccccc2-c2ccc(-n3c4ccccc4c4c5c(c6c(c7ccccc7n6-c6ccccc6)c43)-c3ccccc3C5(C)C)cc21. The van der Waals surface area contributed by atoms with E-state index in [0.29, 0.717) is 0 Å². The molecule has 2 aliphatic carbocycles. The van der Waals surface area contributed by atoms with Crippen LogP contribution < -0.4 is 0 Å². The van der Waals surface area contributed by atoms with Crippen LogP contribution in [0.15, 0.2) is 146 Å². The van der Waals surface area contributed by atoms with Crippen LogP contribution in [0.25, 0.3) is 77.2 Å². The van der Waals surface area contributed by atoms with Crippen LogP contribution in [-0.2, 0) is 10.8 Å². The quantitative estimate of drug-likeness (QED) is 0.178. The third-order valence-corrected chi connectivity index (χ3v) is 12.1. The van der Waals surface area contributed by atoms with Gasteiger partial charge < -0.3 is 9.13 Å². The number of rotatable bonds is 2. The Hall–Kier alpha value is -5.86. The zero-order valence-corrected chi connectivity index (χ0v) is 28.8. The van der Waals surface area contributed by atoms with E-state index in [9.17, 15) is 0 Å². The lowest BCUT2D eigenvalue weighted by Crippen LogP contribution is -2.16. The number of benzene rings is 7. The van der Waals surface area contributed by atoms with E-state index in [2.05, 4.69) is 182 Å². The van der Waals surface area contributed by atoms with Crippen molar-refractivity contribution < 1.29 is 0 Å². The van der Waals surface area contributed by atoms with E-state index < -0.39 is 0 Å². The average molecular weight is 641 g/mol. The first-order valence-corrected chi connectivity index (χ1v) is 17.8. The Morgan fingerprint density at radius 3 is 1.66 bits per heavy atom. The van der Waals surface area contributed by atoms with Crippen LogP contribution in [0.4, 0.5) is 0 Å². The minimum atomic E-state index is -0.202. The molecule has 0 aliphatic heterocycles. The van der Waals surface area contributed by atoms with Crippen molar-refractivity contribution in [2.75, 3.05) is 0 Å². The molecule has 2 heterocycles. The smallest absolute Gasteiger partial charge is 0.0644 e. The summed E-state index contributed by atoms with van der Waals surface area (Å²) in [7, 11) is 0. The summed E-state index contributed by atoms with van der Waals surface area (Å²) in [4.78, 5) is 0. The van der Waals surface area contributed by atoms with Gasteiger partial charge in [-0.05, 0) is 75.3 Å². The number of nitrogens with zero attached hydrogens (tertiary/aromatic N) is 2. The molecule has 0 spiro atoms. The molecule has 0 saturated carbocycles. The zero-order valence-electron chi connectivity index (χ0n) is 28.8. The van der Waals surface area contributed by atoms with Crippen molar-refractivity contribution in [3.05, 3.63) is 168 Å². The molecule has 0 atom stereocenters. The van der Waals surface area contributed by atoms with Gasteiger partial charge in [-0.2, -0.15) is 0 Å². The normalized spacial score (nSPS) is 15.1. The van der Waals surface area contributed by atoms with Crippen LogP contribution in [0, 0.1) is 0 Å². The van der Waals surface area contributed by atoms with Crippen molar-refractivity contribution in [3.8, 4) is 33.6 Å². The molecule has 2 nitrogen and oxygen atoms in total. The lowest BCUT2D eigenvalue weighted by molar-refractivity contribution is 0.660.